The van der Waals surface area contributed by atoms with Crippen molar-refractivity contribution in [1.29, 1.82) is 0 Å². The summed E-state index contributed by atoms with van der Waals surface area (Å²) in [7, 11) is 4.21. The zero-order valence-corrected chi connectivity index (χ0v) is 10.1. The van der Waals surface area contributed by atoms with E-state index in [1.807, 2.05) is 18.2 Å². The maximum absolute atomic E-state index is 9.70. The molecule has 1 unspecified atom stereocenters. The van der Waals surface area contributed by atoms with Crippen molar-refractivity contribution in [3.63, 3.8) is 0 Å². The predicted octanol–water partition coefficient (Wildman–Crippen LogP) is 0.0872. The molecule has 0 radical (unpaired) electrons. The summed E-state index contributed by atoms with van der Waals surface area (Å²) in [5.74, 6) is 5.18. The predicted molar refractivity (Wildman–Crippen MR) is 65.3 cm³/mol. The molecule has 0 aliphatic rings. The Hall–Kier alpha value is -0.940. The number of benzene rings is 1. The molecule has 4 heteroatoms. The average Bonchev–Trinajstić information content (AvgIpc) is 2.17. The summed E-state index contributed by atoms with van der Waals surface area (Å²) in [6, 6.07) is 10.3. The van der Waals surface area contributed by atoms with E-state index in [4.69, 9.17) is 5.84 Å². The van der Waals surface area contributed by atoms with Crippen LogP contribution in [0.15, 0.2) is 30.3 Å². The topological polar surface area (TPSA) is 58.3 Å². The van der Waals surface area contributed by atoms with Gasteiger partial charge in [-0.1, -0.05) is 30.3 Å². The fourth-order valence-corrected chi connectivity index (χ4v) is 1.91. The van der Waals surface area contributed by atoms with E-state index in [-0.39, 0.29) is 0 Å². The fourth-order valence-electron chi connectivity index (χ4n) is 1.91. The lowest BCUT2D eigenvalue weighted by molar-refractivity contribution is -0.906. The lowest BCUT2D eigenvalue weighted by atomic mass is 10.2. The number of nitrogens with two attached hydrogens (primary N) is 1. The first-order chi connectivity index (χ1) is 7.53. The molecular formula is C12H22N3O+. The lowest BCUT2D eigenvalue weighted by Gasteiger charge is -2.31. The van der Waals surface area contributed by atoms with Crippen LogP contribution in [0.25, 0.3) is 0 Å². The molecule has 16 heavy (non-hydrogen) atoms. The maximum Gasteiger partial charge on any atom is 0.117 e. The quantitative estimate of drug-likeness (QED) is 0.364. The number of nitrogens with one attached hydrogen (secondary N) is 1. The molecule has 4 nitrogen and oxygen atoms in total. The van der Waals surface area contributed by atoms with Crippen LogP contribution in [0.2, 0.25) is 0 Å². The largest absolute Gasteiger partial charge is 0.386 e. The third-order valence-electron chi connectivity index (χ3n) is 2.51. The average molecular weight is 224 g/mol. The van der Waals surface area contributed by atoms with E-state index in [1.54, 1.807) is 0 Å². The van der Waals surface area contributed by atoms with Crippen LogP contribution in [0.5, 0.6) is 0 Å². The molecule has 1 aromatic carbocycles. The number of hydrogen-bond donors (Lipinski definition) is 3. The van der Waals surface area contributed by atoms with Crippen LogP contribution in [0.4, 0.5) is 0 Å². The number of hydrogen-bond acceptors (Lipinski definition) is 3. The van der Waals surface area contributed by atoms with E-state index < -0.39 is 6.10 Å². The minimum atomic E-state index is -0.413. The van der Waals surface area contributed by atoms with Crippen molar-refractivity contribution >= 4 is 0 Å². The summed E-state index contributed by atoms with van der Waals surface area (Å²) in [6.45, 7) is 2.01. The van der Waals surface area contributed by atoms with Crippen LogP contribution in [0.1, 0.15) is 5.56 Å². The highest BCUT2D eigenvalue weighted by atomic mass is 16.3. The standard InChI is InChI=1S/C12H22N3O/c1-15(2,10-12(16)8-14-13)9-11-6-4-3-5-7-11/h3-7,12,14,16H,8-10,13H2,1-2H3/q+1. The van der Waals surface area contributed by atoms with Crippen LogP contribution < -0.4 is 11.3 Å². The first-order valence-electron chi connectivity index (χ1n) is 5.51. The molecule has 1 aromatic rings. The van der Waals surface area contributed by atoms with Gasteiger partial charge in [-0.25, -0.2) is 0 Å². The Bertz CT molecular complexity index is 300. The SMILES string of the molecule is C[N+](C)(Cc1ccccc1)CC(O)CNN. The van der Waals surface area contributed by atoms with Gasteiger partial charge in [-0.15, -0.1) is 0 Å². The number of hydrazine groups is 1. The van der Waals surface area contributed by atoms with Gasteiger partial charge in [0.25, 0.3) is 0 Å². The monoisotopic (exact) mass is 224 g/mol. The molecule has 0 bridgehead atoms. The fraction of sp³-hybridized carbons (Fsp3) is 0.500. The first-order valence-corrected chi connectivity index (χ1v) is 5.51. The number of nitrogens with zero attached hydrogens (tertiary/aromatic N) is 1. The van der Waals surface area contributed by atoms with Gasteiger partial charge in [-0.05, 0) is 0 Å². The van der Waals surface area contributed by atoms with Crippen LogP contribution in [-0.2, 0) is 6.54 Å². The third-order valence-corrected chi connectivity index (χ3v) is 2.51. The van der Waals surface area contributed by atoms with Gasteiger partial charge in [-0.3, -0.25) is 11.3 Å². The molecule has 0 spiro atoms. The molecule has 1 atom stereocenters. The second-order valence-corrected chi connectivity index (χ2v) is 4.82. The Morgan fingerprint density at radius 3 is 2.50 bits per heavy atom. The van der Waals surface area contributed by atoms with Gasteiger partial charge >= 0.3 is 0 Å². The van der Waals surface area contributed by atoms with E-state index in [0.29, 0.717) is 13.1 Å². The Morgan fingerprint density at radius 1 is 1.31 bits per heavy atom. The number of rotatable bonds is 6. The van der Waals surface area contributed by atoms with Gasteiger partial charge < -0.3 is 9.59 Å². The Balaban J connectivity index is 2.51. The Morgan fingerprint density at radius 2 is 1.94 bits per heavy atom. The summed E-state index contributed by atoms with van der Waals surface area (Å²) >= 11 is 0. The van der Waals surface area contributed by atoms with Gasteiger partial charge in [0.1, 0.15) is 19.2 Å². The number of aliphatic hydroxyl groups is 1. The van der Waals surface area contributed by atoms with Crippen molar-refractivity contribution in [3.05, 3.63) is 35.9 Å². The highest BCUT2D eigenvalue weighted by Gasteiger charge is 2.20. The number of aliphatic hydroxyl groups excluding tert-OH is 1. The summed E-state index contributed by atoms with van der Waals surface area (Å²) in [5, 5.41) is 9.70. The van der Waals surface area contributed by atoms with Gasteiger partial charge in [-0.2, -0.15) is 0 Å². The zero-order chi connectivity index (χ0) is 12.0. The normalized spacial score (nSPS) is 13.8. The third kappa shape index (κ3) is 4.72. The van der Waals surface area contributed by atoms with E-state index in [9.17, 15) is 5.11 Å². The van der Waals surface area contributed by atoms with Crippen LogP contribution in [-0.4, -0.2) is 42.9 Å². The Labute approximate surface area is 97.2 Å². The van der Waals surface area contributed by atoms with Crippen molar-refractivity contribution in [3.8, 4) is 0 Å². The summed E-state index contributed by atoms with van der Waals surface area (Å²) in [5.41, 5.74) is 3.77. The minimum absolute atomic E-state index is 0.413. The minimum Gasteiger partial charge on any atom is -0.386 e. The molecule has 1 rings (SSSR count). The Kier molecular flexibility index (Phi) is 4.89. The molecule has 0 heterocycles. The highest BCUT2D eigenvalue weighted by Crippen LogP contribution is 2.09. The van der Waals surface area contributed by atoms with Crippen molar-refractivity contribution < 1.29 is 9.59 Å². The van der Waals surface area contributed by atoms with Gasteiger partial charge in [0, 0.05) is 12.1 Å². The molecule has 0 aliphatic carbocycles. The van der Waals surface area contributed by atoms with E-state index >= 15 is 0 Å². The van der Waals surface area contributed by atoms with Crippen molar-refractivity contribution in [2.45, 2.75) is 12.6 Å². The van der Waals surface area contributed by atoms with Crippen molar-refractivity contribution in [1.82, 2.24) is 5.43 Å². The molecule has 0 fully saturated rings. The van der Waals surface area contributed by atoms with Crippen molar-refractivity contribution in [2.24, 2.45) is 5.84 Å². The van der Waals surface area contributed by atoms with Crippen molar-refractivity contribution in [2.75, 3.05) is 27.2 Å². The highest BCUT2D eigenvalue weighted by molar-refractivity contribution is 5.13. The molecule has 0 aliphatic heterocycles. The van der Waals surface area contributed by atoms with E-state index in [0.717, 1.165) is 11.0 Å². The molecule has 0 saturated heterocycles. The maximum atomic E-state index is 9.70. The smallest absolute Gasteiger partial charge is 0.117 e. The van der Waals surface area contributed by atoms with Gasteiger partial charge in [0.05, 0.1) is 14.1 Å². The summed E-state index contributed by atoms with van der Waals surface area (Å²) in [6.07, 6.45) is -0.413. The molecular weight excluding hydrogens is 202 g/mol. The summed E-state index contributed by atoms with van der Waals surface area (Å²) < 4.78 is 0.743. The molecule has 90 valence electrons. The van der Waals surface area contributed by atoms with Gasteiger partial charge in [0.2, 0.25) is 0 Å². The molecule has 0 aromatic heterocycles. The molecule has 0 saturated carbocycles. The molecule has 0 amide bonds. The van der Waals surface area contributed by atoms with E-state index in [1.165, 1.54) is 5.56 Å². The molecule has 4 N–H and O–H groups in total. The summed E-state index contributed by atoms with van der Waals surface area (Å²) in [4.78, 5) is 0. The second-order valence-electron chi connectivity index (χ2n) is 4.82. The first kappa shape index (κ1) is 13.1. The number of quaternary nitrogens is 1. The van der Waals surface area contributed by atoms with Crippen LogP contribution >= 0.6 is 0 Å². The zero-order valence-electron chi connectivity index (χ0n) is 10.1. The van der Waals surface area contributed by atoms with E-state index in [2.05, 4.69) is 31.7 Å². The van der Waals surface area contributed by atoms with Crippen LogP contribution in [0.3, 0.4) is 0 Å². The lowest BCUT2D eigenvalue weighted by Crippen LogP contribution is -2.48. The number of likely N-dealkylation sites (N-methyl/N-ethyl adjacent to an activating group) is 1. The van der Waals surface area contributed by atoms with Crippen LogP contribution in [0, 0.1) is 0 Å². The van der Waals surface area contributed by atoms with Gasteiger partial charge in [0.15, 0.2) is 0 Å². The second kappa shape index (κ2) is 5.96.